The Bertz CT molecular complexity index is 410. The molecule has 5 heteroatoms. The Morgan fingerprint density at radius 3 is 2.89 bits per heavy atom. The molecule has 1 rings (SSSR count). The fourth-order valence-corrected chi connectivity index (χ4v) is 2.31. The van der Waals surface area contributed by atoms with Gasteiger partial charge >= 0.3 is 0 Å². The molecule has 100 valence electrons. The Morgan fingerprint density at radius 1 is 1.56 bits per heavy atom. The van der Waals surface area contributed by atoms with E-state index in [2.05, 4.69) is 18.5 Å². The van der Waals surface area contributed by atoms with Crippen LogP contribution in [0.15, 0.2) is 18.2 Å². The molecule has 0 aliphatic carbocycles. The van der Waals surface area contributed by atoms with E-state index >= 15 is 0 Å². The van der Waals surface area contributed by atoms with Crippen LogP contribution in [0.4, 0.5) is 5.69 Å². The molecular weight excluding hydrogens is 248 g/mol. The van der Waals surface area contributed by atoms with E-state index in [1.54, 1.807) is 30.0 Å². The third-order valence-corrected chi connectivity index (χ3v) is 3.50. The summed E-state index contributed by atoms with van der Waals surface area (Å²) in [5, 5.41) is 2.89. The lowest BCUT2D eigenvalue weighted by Crippen LogP contribution is -2.29. The number of rotatable bonds is 6. The SMILES string of the molecule is COc1cccc(C(=O)NCC(C)CSC)c1N. The van der Waals surface area contributed by atoms with Crippen molar-refractivity contribution in [3.05, 3.63) is 23.8 Å². The summed E-state index contributed by atoms with van der Waals surface area (Å²) < 4.78 is 5.09. The Labute approximate surface area is 112 Å². The zero-order valence-corrected chi connectivity index (χ0v) is 11.8. The molecule has 1 amide bonds. The van der Waals surface area contributed by atoms with E-state index in [9.17, 15) is 4.79 Å². The van der Waals surface area contributed by atoms with E-state index in [1.807, 2.05) is 0 Å². The van der Waals surface area contributed by atoms with Gasteiger partial charge < -0.3 is 15.8 Å². The molecule has 1 aromatic rings. The molecule has 1 aromatic carbocycles. The molecule has 4 nitrogen and oxygen atoms in total. The van der Waals surface area contributed by atoms with Crippen molar-refractivity contribution in [2.75, 3.05) is 31.4 Å². The Balaban J connectivity index is 2.67. The van der Waals surface area contributed by atoms with Crippen LogP contribution in [-0.2, 0) is 0 Å². The highest BCUT2D eigenvalue weighted by Gasteiger charge is 2.13. The molecule has 18 heavy (non-hydrogen) atoms. The highest BCUT2D eigenvalue weighted by atomic mass is 32.2. The van der Waals surface area contributed by atoms with Crippen LogP contribution in [0.3, 0.4) is 0 Å². The third-order valence-electron chi connectivity index (χ3n) is 2.59. The van der Waals surface area contributed by atoms with Gasteiger partial charge in [-0.05, 0) is 30.1 Å². The molecule has 0 saturated heterocycles. The summed E-state index contributed by atoms with van der Waals surface area (Å²) in [4.78, 5) is 12.0. The van der Waals surface area contributed by atoms with Crippen LogP contribution in [0.25, 0.3) is 0 Å². The molecule has 0 aliphatic rings. The number of hydrogen-bond acceptors (Lipinski definition) is 4. The van der Waals surface area contributed by atoms with Gasteiger partial charge in [0.2, 0.25) is 0 Å². The monoisotopic (exact) mass is 268 g/mol. The number of carbonyl (C=O) groups is 1. The van der Waals surface area contributed by atoms with Crippen molar-refractivity contribution in [2.45, 2.75) is 6.92 Å². The number of hydrogen-bond donors (Lipinski definition) is 2. The van der Waals surface area contributed by atoms with Crippen LogP contribution in [0.2, 0.25) is 0 Å². The number of ether oxygens (including phenoxy) is 1. The standard InChI is InChI=1S/C13H20N2O2S/c1-9(8-18-3)7-15-13(16)10-5-4-6-11(17-2)12(10)14/h4-6,9H,7-8,14H2,1-3H3,(H,15,16). The van der Waals surface area contributed by atoms with Crippen molar-refractivity contribution in [3.63, 3.8) is 0 Å². The minimum absolute atomic E-state index is 0.153. The maximum Gasteiger partial charge on any atom is 0.253 e. The molecule has 0 fully saturated rings. The van der Waals surface area contributed by atoms with Gasteiger partial charge in [-0.1, -0.05) is 13.0 Å². The van der Waals surface area contributed by atoms with Gasteiger partial charge in [-0.2, -0.15) is 11.8 Å². The third kappa shape index (κ3) is 3.84. The van der Waals surface area contributed by atoms with Gasteiger partial charge in [0.1, 0.15) is 5.75 Å². The summed E-state index contributed by atoms with van der Waals surface area (Å²) in [6, 6.07) is 5.20. The lowest BCUT2D eigenvalue weighted by molar-refractivity contribution is 0.0950. The average molecular weight is 268 g/mol. The van der Waals surface area contributed by atoms with Crippen molar-refractivity contribution >= 4 is 23.4 Å². The number of thioether (sulfide) groups is 1. The summed E-state index contributed by atoms with van der Waals surface area (Å²) in [6.45, 7) is 2.75. The van der Waals surface area contributed by atoms with E-state index in [0.717, 1.165) is 5.75 Å². The van der Waals surface area contributed by atoms with E-state index in [4.69, 9.17) is 10.5 Å². The Hall–Kier alpha value is -1.36. The zero-order chi connectivity index (χ0) is 13.5. The predicted molar refractivity (Wildman–Crippen MR) is 77.3 cm³/mol. The number of para-hydroxylation sites is 1. The second-order valence-corrected chi connectivity index (χ2v) is 5.10. The minimum atomic E-state index is -0.153. The van der Waals surface area contributed by atoms with Gasteiger partial charge in [0.05, 0.1) is 18.4 Å². The summed E-state index contributed by atoms with van der Waals surface area (Å²) in [5.41, 5.74) is 6.72. The molecule has 0 radical (unpaired) electrons. The molecule has 0 saturated carbocycles. The summed E-state index contributed by atoms with van der Waals surface area (Å²) in [6.07, 6.45) is 2.05. The van der Waals surface area contributed by atoms with Gasteiger partial charge in [0.15, 0.2) is 0 Å². The fourth-order valence-electron chi connectivity index (χ4n) is 1.63. The molecule has 0 aliphatic heterocycles. The number of benzene rings is 1. The Kier molecular flexibility index (Phi) is 5.85. The highest BCUT2D eigenvalue weighted by Crippen LogP contribution is 2.24. The highest BCUT2D eigenvalue weighted by molar-refractivity contribution is 7.98. The van der Waals surface area contributed by atoms with Gasteiger partial charge in [-0.25, -0.2) is 0 Å². The summed E-state index contributed by atoms with van der Waals surface area (Å²) in [7, 11) is 1.54. The van der Waals surface area contributed by atoms with Crippen LogP contribution in [0.1, 0.15) is 17.3 Å². The first-order chi connectivity index (χ1) is 8.60. The quantitative estimate of drug-likeness (QED) is 0.775. The normalized spacial score (nSPS) is 11.9. The smallest absolute Gasteiger partial charge is 0.253 e. The molecule has 0 spiro atoms. The molecular formula is C13H20N2O2S. The van der Waals surface area contributed by atoms with Crippen LogP contribution in [0.5, 0.6) is 5.75 Å². The first-order valence-electron chi connectivity index (χ1n) is 5.79. The van der Waals surface area contributed by atoms with E-state index in [1.165, 1.54) is 7.11 Å². The molecule has 0 aromatic heterocycles. The number of nitrogen functional groups attached to an aromatic ring is 1. The number of methoxy groups -OCH3 is 1. The van der Waals surface area contributed by atoms with Crippen LogP contribution in [-0.4, -0.2) is 31.6 Å². The lowest BCUT2D eigenvalue weighted by Gasteiger charge is -2.13. The number of carbonyl (C=O) groups excluding carboxylic acids is 1. The van der Waals surface area contributed by atoms with Gasteiger partial charge in [0, 0.05) is 6.54 Å². The molecule has 1 unspecified atom stereocenters. The second-order valence-electron chi connectivity index (χ2n) is 4.19. The zero-order valence-electron chi connectivity index (χ0n) is 11.0. The van der Waals surface area contributed by atoms with Gasteiger partial charge in [0.25, 0.3) is 5.91 Å². The number of nitrogens with one attached hydrogen (secondary N) is 1. The van der Waals surface area contributed by atoms with Gasteiger partial charge in [-0.3, -0.25) is 4.79 Å². The van der Waals surface area contributed by atoms with E-state index < -0.39 is 0 Å². The van der Waals surface area contributed by atoms with Crippen LogP contribution >= 0.6 is 11.8 Å². The van der Waals surface area contributed by atoms with E-state index in [-0.39, 0.29) is 5.91 Å². The fraction of sp³-hybridized carbons (Fsp3) is 0.462. The van der Waals surface area contributed by atoms with Gasteiger partial charge in [-0.15, -0.1) is 0 Å². The topological polar surface area (TPSA) is 64.3 Å². The largest absolute Gasteiger partial charge is 0.495 e. The maximum absolute atomic E-state index is 12.0. The number of amides is 1. The first-order valence-corrected chi connectivity index (χ1v) is 7.19. The average Bonchev–Trinajstić information content (AvgIpc) is 2.36. The minimum Gasteiger partial charge on any atom is -0.495 e. The predicted octanol–water partition coefficient (Wildman–Crippen LogP) is 2.01. The van der Waals surface area contributed by atoms with Crippen molar-refractivity contribution in [3.8, 4) is 5.75 Å². The second kappa shape index (κ2) is 7.16. The number of nitrogens with two attached hydrogens (primary N) is 1. The first kappa shape index (κ1) is 14.7. The molecule has 3 N–H and O–H groups in total. The number of anilines is 1. The summed E-state index contributed by atoms with van der Waals surface area (Å²) in [5.74, 6) is 1.84. The maximum atomic E-state index is 12.0. The lowest BCUT2D eigenvalue weighted by atomic mass is 10.1. The Morgan fingerprint density at radius 2 is 2.28 bits per heavy atom. The van der Waals surface area contributed by atoms with Crippen LogP contribution < -0.4 is 15.8 Å². The summed E-state index contributed by atoms with van der Waals surface area (Å²) >= 11 is 1.77. The van der Waals surface area contributed by atoms with Crippen molar-refractivity contribution in [1.82, 2.24) is 5.32 Å². The van der Waals surface area contributed by atoms with Crippen LogP contribution in [0, 0.1) is 5.92 Å². The molecule has 1 atom stereocenters. The molecule has 0 bridgehead atoms. The molecule has 0 heterocycles. The van der Waals surface area contributed by atoms with Crippen molar-refractivity contribution < 1.29 is 9.53 Å². The van der Waals surface area contributed by atoms with Crippen molar-refractivity contribution in [2.24, 2.45) is 5.92 Å². The van der Waals surface area contributed by atoms with E-state index in [0.29, 0.717) is 29.5 Å². The van der Waals surface area contributed by atoms with Crippen molar-refractivity contribution in [1.29, 1.82) is 0 Å².